The summed E-state index contributed by atoms with van der Waals surface area (Å²) in [5, 5.41) is 5.86. The van der Waals surface area contributed by atoms with Crippen LogP contribution in [0.25, 0.3) is 0 Å². The molecule has 3 rings (SSSR count). The van der Waals surface area contributed by atoms with E-state index in [0.717, 1.165) is 0 Å². The van der Waals surface area contributed by atoms with Gasteiger partial charge in [0.15, 0.2) is 0 Å². The fraction of sp³-hybridized carbons (Fsp3) is 0.200. The number of anilines is 2. The lowest BCUT2D eigenvalue weighted by Gasteiger charge is -2.37. The predicted molar refractivity (Wildman–Crippen MR) is 109 cm³/mol. The molecule has 150 valence electrons. The number of amides is 3. The van der Waals surface area contributed by atoms with E-state index in [4.69, 9.17) is 16.3 Å². The Balaban J connectivity index is 1.74. The molecule has 0 unspecified atom stereocenters. The Labute approximate surface area is 172 Å². The van der Waals surface area contributed by atoms with Gasteiger partial charge in [-0.1, -0.05) is 18.2 Å². The Hall–Kier alpha value is -3.39. The van der Waals surface area contributed by atoms with Gasteiger partial charge in [0, 0.05) is 19.3 Å². The molecule has 0 atom stereocenters. The van der Waals surface area contributed by atoms with Crippen molar-refractivity contribution in [3.63, 3.8) is 0 Å². The number of rotatable bonds is 6. The van der Waals surface area contributed by atoms with Crippen LogP contribution < -0.4 is 15.4 Å². The van der Waals surface area contributed by atoms with E-state index < -0.39 is 5.91 Å². The number of nitrogens with one attached hydrogen (secondary N) is 2. The molecule has 1 saturated heterocycles. The Morgan fingerprint density at radius 2 is 2.00 bits per heavy atom. The summed E-state index contributed by atoms with van der Waals surface area (Å²) in [7, 11) is 1.48. The third-order valence-corrected chi connectivity index (χ3v) is 4.66. The summed E-state index contributed by atoms with van der Waals surface area (Å²) in [4.78, 5) is 42.3. The average Bonchev–Trinajstić information content (AvgIpc) is 2.68. The van der Waals surface area contributed by atoms with Gasteiger partial charge in [0.05, 0.1) is 29.3 Å². The molecule has 0 spiro atoms. The number of carbonyl (C=O) groups is 3. The first kappa shape index (κ1) is 20.3. The molecule has 29 heavy (non-hydrogen) atoms. The molecule has 3 amide bonds. The van der Waals surface area contributed by atoms with Crippen molar-refractivity contribution >= 4 is 40.8 Å². The maximum absolute atomic E-state index is 12.7. The van der Waals surface area contributed by atoms with Crippen molar-refractivity contribution in [1.82, 2.24) is 9.88 Å². The molecule has 0 aliphatic carbocycles. The van der Waals surface area contributed by atoms with E-state index in [1.807, 2.05) is 0 Å². The highest BCUT2D eigenvalue weighted by atomic mass is 35.5. The zero-order chi connectivity index (χ0) is 21.0. The Bertz CT molecular complexity index is 955. The van der Waals surface area contributed by atoms with Gasteiger partial charge in [-0.15, -0.1) is 0 Å². The molecule has 1 fully saturated rings. The highest BCUT2D eigenvalue weighted by Gasteiger charge is 2.35. The largest absolute Gasteiger partial charge is 0.497 e. The number of likely N-dealkylation sites (tertiary alicyclic amines) is 1. The second-order valence-corrected chi connectivity index (χ2v) is 6.80. The zero-order valence-corrected chi connectivity index (χ0v) is 16.4. The van der Waals surface area contributed by atoms with Gasteiger partial charge in [-0.25, -0.2) is 4.98 Å². The molecule has 1 aliphatic heterocycles. The van der Waals surface area contributed by atoms with Crippen LogP contribution in [0.1, 0.15) is 10.4 Å². The lowest BCUT2D eigenvalue weighted by Crippen LogP contribution is -2.54. The number of benzene rings is 1. The first-order valence-electron chi connectivity index (χ1n) is 8.74. The molecule has 0 bridgehead atoms. The van der Waals surface area contributed by atoms with E-state index >= 15 is 0 Å². The third kappa shape index (κ3) is 4.72. The van der Waals surface area contributed by atoms with Crippen molar-refractivity contribution in [2.75, 3.05) is 30.8 Å². The number of aromatic nitrogens is 1. The summed E-state index contributed by atoms with van der Waals surface area (Å²) < 4.78 is 5.18. The molecule has 2 aromatic rings. The highest BCUT2D eigenvalue weighted by molar-refractivity contribution is 6.30. The van der Waals surface area contributed by atoms with Gasteiger partial charge >= 0.3 is 0 Å². The van der Waals surface area contributed by atoms with Gasteiger partial charge in [0.2, 0.25) is 11.8 Å². The first-order valence-corrected chi connectivity index (χ1v) is 9.12. The zero-order valence-electron chi connectivity index (χ0n) is 15.6. The third-order valence-electron chi connectivity index (χ3n) is 4.44. The summed E-state index contributed by atoms with van der Waals surface area (Å²) >= 11 is 5.81. The number of methoxy groups -OCH3 is 1. The second kappa shape index (κ2) is 8.74. The lowest BCUT2D eigenvalue weighted by atomic mass is 9.98. The van der Waals surface area contributed by atoms with Gasteiger partial charge < -0.3 is 20.3 Å². The van der Waals surface area contributed by atoms with Crippen LogP contribution in [0.3, 0.4) is 0 Å². The van der Waals surface area contributed by atoms with Gasteiger partial charge in [0.1, 0.15) is 11.6 Å². The van der Waals surface area contributed by atoms with Crippen LogP contribution in [0.15, 0.2) is 49.2 Å². The minimum Gasteiger partial charge on any atom is -0.497 e. The maximum Gasteiger partial charge on any atom is 0.259 e. The Kier molecular flexibility index (Phi) is 6.13. The van der Waals surface area contributed by atoms with Crippen LogP contribution in [0.5, 0.6) is 5.75 Å². The molecular formula is C20H19ClN4O4. The number of hydrogen-bond acceptors (Lipinski definition) is 5. The predicted octanol–water partition coefficient (Wildman–Crippen LogP) is 2.58. The van der Waals surface area contributed by atoms with E-state index in [1.165, 1.54) is 30.3 Å². The quantitative estimate of drug-likeness (QED) is 0.707. The minimum atomic E-state index is -0.467. The smallest absolute Gasteiger partial charge is 0.259 e. The van der Waals surface area contributed by atoms with E-state index in [-0.39, 0.29) is 23.3 Å². The van der Waals surface area contributed by atoms with E-state index in [1.54, 1.807) is 24.3 Å². The molecule has 1 aromatic carbocycles. The number of pyridine rings is 1. The SMILES string of the molecule is C=CC(=O)N1CC(C(=O)Nc2ccc(OC)cc2C(=O)Nc2ccc(Cl)cn2)C1. The Morgan fingerprint density at radius 1 is 1.24 bits per heavy atom. The molecule has 2 N–H and O–H groups in total. The number of nitrogens with zero attached hydrogens (tertiary/aromatic N) is 2. The van der Waals surface area contributed by atoms with E-state index in [2.05, 4.69) is 22.2 Å². The van der Waals surface area contributed by atoms with Gasteiger partial charge in [-0.05, 0) is 36.4 Å². The van der Waals surface area contributed by atoms with Gasteiger partial charge in [-0.3, -0.25) is 14.4 Å². The van der Waals surface area contributed by atoms with Crippen LogP contribution in [0.2, 0.25) is 5.02 Å². The summed E-state index contributed by atoms with van der Waals surface area (Å²) in [6.45, 7) is 4.04. The number of halogens is 1. The van der Waals surface area contributed by atoms with Crippen molar-refractivity contribution in [3.8, 4) is 5.75 Å². The highest BCUT2D eigenvalue weighted by Crippen LogP contribution is 2.25. The second-order valence-electron chi connectivity index (χ2n) is 6.36. The van der Waals surface area contributed by atoms with Crippen LogP contribution >= 0.6 is 11.6 Å². The summed E-state index contributed by atoms with van der Waals surface area (Å²) in [6.07, 6.45) is 2.63. The number of carbonyl (C=O) groups excluding carboxylic acids is 3. The molecule has 0 radical (unpaired) electrons. The topological polar surface area (TPSA) is 101 Å². The standard InChI is InChI=1S/C20H19ClN4O4/c1-3-18(26)25-10-12(11-25)19(27)23-16-6-5-14(29-2)8-15(16)20(28)24-17-7-4-13(21)9-22-17/h3-9,12H,1,10-11H2,2H3,(H,23,27)(H,22,24,28). The average molecular weight is 415 g/mol. The van der Waals surface area contributed by atoms with Crippen molar-refractivity contribution < 1.29 is 19.1 Å². The molecule has 9 heteroatoms. The lowest BCUT2D eigenvalue weighted by molar-refractivity contribution is -0.137. The number of ether oxygens (including phenoxy) is 1. The van der Waals surface area contributed by atoms with Gasteiger partial charge in [-0.2, -0.15) is 0 Å². The van der Waals surface area contributed by atoms with Gasteiger partial charge in [0.25, 0.3) is 5.91 Å². The van der Waals surface area contributed by atoms with E-state index in [0.29, 0.717) is 35.4 Å². The molecule has 8 nitrogen and oxygen atoms in total. The Morgan fingerprint density at radius 3 is 2.62 bits per heavy atom. The van der Waals surface area contributed by atoms with Crippen molar-refractivity contribution in [1.29, 1.82) is 0 Å². The molecular weight excluding hydrogens is 396 g/mol. The van der Waals surface area contributed by atoms with Crippen LogP contribution in [-0.4, -0.2) is 47.8 Å². The van der Waals surface area contributed by atoms with E-state index in [9.17, 15) is 14.4 Å². The number of hydrogen-bond donors (Lipinski definition) is 2. The fourth-order valence-electron chi connectivity index (χ4n) is 2.77. The van der Waals surface area contributed by atoms with Crippen molar-refractivity contribution in [3.05, 3.63) is 59.8 Å². The maximum atomic E-state index is 12.7. The van der Waals surface area contributed by atoms with Crippen molar-refractivity contribution in [2.45, 2.75) is 0 Å². The first-order chi connectivity index (χ1) is 13.9. The molecule has 1 aromatic heterocycles. The summed E-state index contributed by atoms with van der Waals surface area (Å²) in [5.74, 6) is -0.530. The summed E-state index contributed by atoms with van der Waals surface area (Å²) in [6, 6.07) is 7.92. The monoisotopic (exact) mass is 414 g/mol. The normalized spacial score (nSPS) is 13.2. The van der Waals surface area contributed by atoms with Crippen LogP contribution in [-0.2, 0) is 9.59 Å². The minimum absolute atomic E-state index is 0.214. The summed E-state index contributed by atoms with van der Waals surface area (Å²) in [5.41, 5.74) is 0.545. The molecule has 0 saturated carbocycles. The van der Waals surface area contributed by atoms with Crippen molar-refractivity contribution in [2.24, 2.45) is 5.92 Å². The fourth-order valence-corrected chi connectivity index (χ4v) is 2.88. The molecule has 2 heterocycles. The van der Waals surface area contributed by atoms with Crippen LogP contribution in [0, 0.1) is 5.92 Å². The van der Waals surface area contributed by atoms with Crippen LogP contribution in [0.4, 0.5) is 11.5 Å². The molecule has 1 aliphatic rings.